The predicted molar refractivity (Wildman–Crippen MR) is 65.1 cm³/mol. The number of thioether (sulfide) groups is 1. The van der Waals surface area contributed by atoms with E-state index in [1.807, 2.05) is 20.1 Å². The van der Waals surface area contributed by atoms with Crippen molar-refractivity contribution in [3.05, 3.63) is 0 Å². The third-order valence-corrected chi connectivity index (χ3v) is 3.53. The number of hydrogen-bond donors (Lipinski definition) is 2. The normalized spacial score (nSPS) is 16.9. The minimum Gasteiger partial charge on any atom is -0.395 e. The molecule has 15 heavy (non-hydrogen) atoms. The van der Waals surface area contributed by atoms with Crippen LogP contribution in [-0.4, -0.2) is 60.2 Å². The molecule has 1 amide bonds. The van der Waals surface area contributed by atoms with Crippen LogP contribution in [0.15, 0.2) is 0 Å². The lowest BCUT2D eigenvalue weighted by atomic mass is 10.2. The van der Waals surface area contributed by atoms with Crippen LogP contribution in [0.5, 0.6) is 0 Å². The maximum Gasteiger partial charge on any atom is 0.238 e. The molecule has 0 aromatic heterocycles. The molecule has 0 spiro atoms. The van der Waals surface area contributed by atoms with Crippen LogP contribution < -0.4 is 5.32 Å². The van der Waals surface area contributed by atoms with Gasteiger partial charge in [-0.25, -0.2) is 0 Å². The number of aliphatic hydroxyl groups is 1. The van der Waals surface area contributed by atoms with Crippen molar-refractivity contribution in [3.63, 3.8) is 0 Å². The van der Waals surface area contributed by atoms with E-state index < -0.39 is 0 Å². The predicted octanol–water partition coefficient (Wildman–Crippen LogP) is 0.165. The Morgan fingerprint density at radius 2 is 2.00 bits per heavy atom. The van der Waals surface area contributed by atoms with Crippen LogP contribution >= 0.6 is 11.8 Å². The molecule has 0 rings (SSSR count). The number of hydrogen-bond acceptors (Lipinski definition) is 4. The molecule has 3 atom stereocenters. The molecule has 0 aromatic carbocycles. The van der Waals surface area contributed by atoms with Crippen LogP contribution in [0.2, 0.25) is 0 Å². The third-order valence-electron chi connectivity index (χ3n) is 2.36. The fourth-order valence-corrected chi connectivity index (χ4v) is 2.03. The summed E-state index contributed by atoms with van der Waals surface area (Å²) in [7, 11) is 3.48. The van der Waals surface area contributed by atoms with E-state index in [4.69, 9.17) is 5.11 Å². The zero-order valence-electron chi connectivity index (χ0n) is 10.2. The molecule has 5 heteroatoms. The monoisotopic (exact) mass is 234 g/mol. The molecule has 0 aliphatic heterocycles. The summed E-state index contributed by atoms with van der Waals surface area (Å²) in [6.45, 7) is 3.95. The maximum atomic E-state index is 11.6. The Morgan fingerprint density at radius 1 is 1.47 bits per heavy atom. The number of nitrogens with zero attached hydrogens (tertiary/aromatic N) is 1. The van der Waals surface area contributed by atoms with E-state index in [-0.39, 0.29) is 29.8 Å². The molecular weight excluding hydrogens is 212 g/mol. The summed E-state index contributed by atoms with van der Waals surface area (Å²) in [5, 5.41) is 12.4. The number of nitrogens with one attached hydrogen (secondary N) is 1. The summed E-state index contributed by atoms with van der Waals surface area (Å²) in [6, 6.07) is -0.0971. The first-order valence-corrected chi connectivity index (χ1v) is 6.33. The van der Waals surface area contributed by atoms with Crippen molar-refractivity contribution >= 4 is 17.7 Å². The Balaban J connectivity index is 4.16. The number of aliphatic hydroxyl groups excluding tert-OH is 1. The Hall–Kier alpha value is -0.260. The molecule has 0 saturated carbocycles. The van der Waals surface area contributed by atoms with E-state index >= 15 is 0 Å². The lowest BCUT2D eigenvalue weighted by molar-refractivity contribution is -0.130. The summed E-state index contributed by atoms with van der Waals surface area (Å²) < 4.78 is 0. The first-order valence-electron chi connectivity index (χ1n) is 5.04. The Labute approximate surface area is 96.4 Å². The standard InChI is InChI=1S/C10H22N2O2S/c1-7(9(6-13)15-5)11-8(2)10(14)12(3)4/h7-9,11,13H,6H2,1-5H3. The van der Waals surface area contributed by atoms with Crippen molar-refractivity contribution in [1.82, 2.24) is 10.2 Å². The van der Waals surface area contributed by atoms with Gasteiger partial charge in [-0.05, 0) is 20.1 Å². The van der Waals surface area contributed by atoms with Crippen molar-refractivity contribution < 1.29 is 9.90 Å². The van der Waals surface area contributed by atoms with Gasteiger partial charge in [0.15, 0.2) is 0 Å². The van der Waals surface area contributed by atoms with Crippen LogP contribution in [0.25, 0.3) is 0 Å². The first kappa shape index (κ1) is 14.7. The van der Waals surface area contributed by atoms with Gasteiger partial charge in [0.05, 0.1) is 12.6 Å². The van der Waals surface area contributed by atoms with Gasteiger partial charge in [-0.2, -0.15) is 11.8 Å². The fourth-order valence-electron chi connectivity index (χ4n) is 1.40. The number of carbonyl (C=O) groups is 1. The van der Waals surface area contributed by atoms with Gasteiger partial charge in [-0.15, -0.1) is 0 Å². The number of rotatable bonds is 6. The first-order chi connectivity index (χ1) is 6.93. The summed E-state index contributed by atoms with van der Waals surface area (Å²) in [5.74, 6) is 0.0552. The van der Waals surface area contributed by atoms with Crippen LogP contribution in [0.3, 0.4) is 0 Å². The SMILES string of the molecule is CSC(CO)C(C)NC(C)C(=O)N(C)C. The average molecular weight is 234 g/mol. The summed E-state index contributed by atoms with van der Waals surface area (Å²) in [4.78, 5) is 13.1. The van der Waals surface area contributed by atoms with E-state index in [2.05, 4.69) is 5.32 Å². The van der Waals surface area contributed by atoms with Crippen molar-refractivity contribution in [2.75, 3.05) is 27.0 Å². The van der Waals surface area contributed by atoms with Gasteiger partial charge in [0.25, 0.3) is 0 Å². The maximum absolute atomic E-state index is 11.6. The molecule has 3 unspecified atom stereocenters. The van der Waals surface area contributed by atoms with Gasteiger partial charge in [0.1, 0.15) is 0 Å². The molecule has 2 N–H and O–H groups in total. The van der Waals surface area contributed by atoms with Gasteiger partial charge in [-0.1, -0.05) is 0 Å². The van der Waals surface area contributed by atoms with E-state index in [9.17, 15) is 4.79 Å². The van der Waals surface area contributed by atoms with Crippen LogP contribution in [0, 0.1) is 0 Å². The molecule has 0 bridgehead atoms. The van der Waals surface area contributed by atoms with Crippen molar-refractivity contribution in [2.24, 2.45) is 0 Å². The zero-order valence-corrected chi connectivity index (χ0v) is 11.0. The highest BCUT2D eigenvalue weighted by Gasteiger charge is 2.21. The van der Waals surface area contributed by atoms with Crippen molar-refractivity contribution in [1.29, 1.82) is 0 Å². The highest BCUT2D eigenvalue weighted by atomic mass is 32.2. The molecule has 90 valence electrons. The van der Waals surface area contributed by atoms with Crippen LogP contribution in [0.4, 0.5) is 0 Å². The molecule has 0 aliphatic rings. The molecular formula is C10H22N2O2S. The smallest absolute Gasteiger partial charge is 0.238 e. The van der Waals surface area contributed by atoms with Crippen molar-refractivity contribution in [3.8, 4) is 0 Å². The molecule has 0 fully saturated rings. The van der Waals surface area contributed by atoms with Gasteiger partial charge >= 0.3 is 0 Å². The van der Waals surface area contributed by atoms with E-state index in [0.717, 1.165) is 0 Å². The molecule has 0 heterocycles. The van der Waals surface area contributed by atoms with Gasteiger partial charge in [0.2, 0.25) is 5.91 Å². The summed E-state index contributed by atoms with van der Waals surface area (Å²) in [5.41, 5.74) is 0. The molecule has 0 aromatic rings. The summed E-state index contributed by atoms with van der Waals surface area (Å²) in [6.07, 6.45) is 1.96. The lowest BCUT2D eigenvalue weighted by Crippen LogP contribution is -2.49. The highest BCUT2D eigenvalue weighted by molar-refractivity contribution is 7.99. The molecule has 0 saturated heterocycles. The lowest BCUT2D eigenvalue weighted by Gasteiger charge is -2.26. The second-order valence-electron chi connectivity index (χ2n) is 3.87. The molecule has 0 radical (unpaired) electrons. The Morgan fingerprint density at radius 3 is 2.33 bits per heavy atom. The summed E-state index contributed by atoms with van der Waals surface area (Å²) >= 11 is 1.60. The Bertz CT molecular complexity index is 196. The van der Waals surface area contributed by atoms with E-state index in [1.165, 1.54) is 0 Å². The minimum atomic E-state index is -0.212. The largest absolute Gasteiger partial charge is 0.395 e. The number of amides is 1. The number of carbonyl (C=O) groups excluding carboxylic acids is 1. The average Bonchev–Trinajstić information content (AvgIpc) is 2.18. The highest BCUT2D eigenvalue weighted by Crippen LogP contribution is 2.10. The van der Waals surface area contributed by atoms with Gasteiger partial charge < -0.3 is 15.3 Å². The quantitative estimate of drug-likeness (QED) is 0.688. The third kappa shape index (κ3) is 4.86. The second-order valence-corrected chi connectivity index (χ2v) is 4.94. The van der Waals surface area contributed by atoms with E-state index in [1.54, 1.807) is 30.8 Å². The van der Waals surface area contributed by atoms with Crippen LogP contribution in [-0.2, 0) is 4.79 Å². The topological polar surface area (TPSA) is 52.6 Å². The minimum absolute atomic E-state index is 0.0552. The molecule has 0 aliphatic carbocycles. The van der Waals surface area contributed by atoms with Gasteiger partial charge in [0, 0.05) is 25.4 Å². The number of likely N-dealkylation sites (N-methyl/N-ethyl adjacent to an activating group) is 1. The fraction of sp³-hybridized carbons (Fsp3) is 0.900. The van der Waals surface area contributed by atoms with Crippen molar-refractivity contribution in [2.45, 2.75) is 31.2 Å². The zero-order chi connectivity index (χ0) is 12.0. The molecule has 4 nitrogen and oxygen atoms in total. The second kappa shape index (κ2) is 7.09. The van der Waals surface area contributed by atoms with Gasteiger partial charge in [-0.3, -0.25) is 4.79 Å². The van der Waals surface area contributed by atoms with Crippen LogP contribution in [0.1, 0.15) is 13.8 Å². The van der Waals surface area contributed by atoms with E-state index in [0.29, 0.717) is 0 Å². The Kier molecular flexibility index (Phi) is 6.96.